The molecule has 3 rings (SSSR count). The molecule has 0 bridgehead atoms. The lowest BCUT2D eigenvalue weighted by atomic mass is 10.1. The van der Waals surface area contributed by atoms with Crippen molar-refractivity contribution < 1.29 is 14.3 Å². The van der Waals surface area contributed by atoms with Crippen LogP contribution in [0.2, 0.25) is 0 Å². The standard InChI is InChI=1S/C12H10BrFN4O2/c13-9-7(2-1-3-8(9)14)10-15-16-17-18(10)6-12(4-5-12)11(19)20/h1-3H,4-6H2,(H,19,20). The second kappa shape index (κ2) is 4.62. The monoisotopic (exact) mass is 340 g/mol. The van der Waals surface area contributed by atoms with Gasteiger partial charge in [0.2, 0.25) is 0 Å². The molecule has 104 valence electrons. The zero-order chi connectivity index (χ0) is 14.3. The van der Waals surface area contributed by atoms with Crippen molar-refractivity contribution >= 4 is 21.9 Å². The van der Waals surface area contributed by atoms with Crippen molar-refractivity contribution in [1.29, 1.82) is 0 Å². The van der Waals surface area contributed by atoms with Crippen LogP contribution in [-0.4, -0.2) is 31.3 Å². The molecule has 1 N–H and O–H groups in total. The molecule has 1 aliphatic rings. The van der Waals surface area contributed by atoms with Gasteiger partial charge in [-0.25, -0.2) is 9.07 Å². The minimum absolute atomic E-state index is 0.188. The molecule has 1 heterocycles. The highest BCUT2D eigenvalue weighted by Crippen LogP contribution is 2.47. The summed E-state index contributed by atoms with van der Waals surface area (Å²) in [5, 5.41) is 20.5. The van der Waals surface area contributed by atoms with Gasteiger partial charge in [0.1, 0.15) is 5.82 Å². The van der Waals surface area contributed by atoms with Gasteiger partial charge in [0.05, 0.1) is 16.4 Å². The van der Waals surface area contributed by atoms with E-state index in [0.717, 1.165) is 0 Å². The lowest BCUT2D eigenvalue weighted by Gasteiger charge is -2.11. The molecule has 20 heavy (non-hydrogen) atoms. The van der Waals surface area contributed by atoms with Crippen molar-refractivity contribution in [3.63, 3.8) is 0 Å². The van der Waals surface area contributed by atoms with E-state index in [2.05, 4.69) is 31.5 Å². The highest BCUT2D eigenvalue weighted by molar-refractivity contribution is 9.10. The number of nitrogens with zero attached hydrogens (tertiary/aromatic N) is 4. The number of rotatable bonds is 4. The summed E-state index contributed by atoms with van der Waals surface area (Å²) in [4.78, 5) is 11.2. The minimum Gasteiger partial charge on any atom is -0.481 e. The fraction of sp³-hybridized carbons (Fsp3) is 0.333. The molecular formula is C12H10BrFN4O2. The summed E-state index contributed by atoms with van der Waals surface area (Å²) in [5.41, 5.74) is -0.291. The number of aromatic nitrogens is 4. The maximum Gasteiger partial charge on any atom is 0.311 e. The van der Waals surface area contributed by atoms with Crippen molar-refractivity contribution in [1.82, 2.24) is 20.2 Å². The van der Waals surface area contributed by atoms with E-state index in [1.54, 1.807) is 12.1 Å². The van der Waals surface area contributed by atoms with Crippen LogP contribution >= 0.6 is 15.9 Å². The smallest absolute Gasteiger partial charge is 0.311 e. The normalized spacial score (nSPS) is 16.1. The van der Waals surface area contributed by atoms with Crippen LogP contribution in [0.1, 0.15) is 12.8 Å². The van der Waals surface area contributed by atoms with Gasteiger partial charge < -0.3 is 5.11 Å². The number of tetrazole rings is 1. The van der Waals surface area contributed by atoms with Crippen LogP contribution in [0.4, 0.5) is 4.39 Å². The van der Waals surface area contributed by atoms with Gasteiger partial charge in [0.15, 0.2) is 5.82 Å². The molecule has 1 aliphatic carbocycles. The Kier molecular flexibility index (Phi) is 3.04. The van der Waals surface area contributed by atoms with Gasteiger partial charge in [-0.1, -0.05) is 6.07 Å². The van der Waals surface area contributed by atoms with Gasteiger partial charge in [0.25, 0.3) is 0 Å². The molecule has 6 nitrogen and oxygen atoms in total. The van der Waals surface area contributed by atoms with Crippen molar-refractivity contribution in [2.75, 3.05) is 0 Å². The third-order valence-corrected chi connectivity index (χ3v) is 4.29. The topological polar surface area (TPSA) is 80.9 Å². The first kappa shape index (κ1) is 13.2. The summed E-state index contributed by atoms with van der Waals surface area (Å²) in [7, 11) is 0. The molecule has 0 radical (unpaired) electrons. The summed E-state index contributed by atoms with van der Waals surface area (Å²) in [6.45, 7) is 0.188. The Balaban J connectivity index is 1.99. The number of hydrogen-bond donors (Lipinski definition) is 1. The zero-order valence-corrected chi connectivity index (χ0v) is 11.8. The Bertz CT molecular complexity index is 684. The van der Waals surface area contributed by atoms with Crippen LogP contribution < -0.4 is 0 Å². The van der Waals surface area contributed by atoms with Crippen LogP contribution in [0.5, 0.6) is 0 Å². The van der Waals surface area contributed by atoms with E-state index >= 15 is 0 Å². The quantitative estimate of drug-likeness (QED) is 0.921. The molecular weight excluding hydrogens is 331 g/mol. The SMILES string of the molecule is O=C(O)C1(Cn2nnnc2-c2cccc(F)c2Br)CC1. The number of carbonyl (C=O) groups is 1. The summed E-state index contributed by atoms with van der Waals surface area (Å²) in [5.74, 6) is -0.919. The van der Waals surface area contributed by atoms with Gasteiger partial charge in [-0.15, -0.1) is 5.10 Å². The van der Waals surface area contributed by atoms with E-state index in [1.807, 2.05) is 0 Å². The van der Waals surface area contributed by atoms with Crippen molar-refractivity contribution in [2.45, 2.75) is 19.4 Å². The second-order valence-corrected chi connectivity index (χ2v) is 5.64. The number of aliphatic carboxylic acids is 1. The molecule has 1 aromatic carbocycles. The van der Waals surface area contributed by atoms with Crippen molar-refractivity contribution in [3.05, 3.63) is 28.5 Å². The Morgan fingerprint density at radius 3 is 2.90 bits per heavy atom. The molecule has 2 aromatic rings. The van der Waals surface area contributed by atoms with Gasteiger partial charge in [-0.05, 0) is 51.3 Å². The maximum absolute atomic E-state index is 13.6. The van der Waals surface area contributed by atoms with Gasteiger partial charge in [-0.3, -0.25) is 4.79 Å². The molecule has 0 saturated heterocycles. The van der Waals surface area contributed by atoms with Gasteiger partial charge >= 0.3 is 5.97 Å². The second-order valence-electron chi connectivity index (χ2n) is 4.85. The highest BCUT2D eigenvalue weighted by Gasteiger charge is 2.51. The number of benzene rings is 1. The number of hydrogen-bond acceptors (Lipinski definition) is 4. The Morgan fingerprint density at radius 1 is 1.50 bits per heavy atom. The van der Waals surface area contributed by atoms with Crippen LogP contribution in [0.3, 0.4) is 0 Å². The molecule has 0 atom stereocenters. The van der Waals surface area contributed by atoms with E-state index in [0.29, 0.717) is 24.2 Å². The van der Waals surface area contributed by atoms with E-state index < -0.39 is 17.2 Å². The van der Waals surface area contributed by atoms with E-state index in [9.17, 15) is 14.3 Å². The lowest BCUT2D eigenvalue weighted by Crippen LogP contribution is -2.22. The fourth-order valence-electron chi connectivity index (χ4n) is 2.06. The van der Waals surface area contributed by atoms with E-state index in [-0.39, 0.29) is 11.0 Å². The molecule has 1 aromatic heterocycles. The number of carboxylic acid groups (broad SMARTS) is 1. The molecule has 0 aliphatic heterocycles. The van der Waals surface area contributed by atoms with Gasteiger partial charge in [-0.2, -0.15) is 0 Å². The van der Waals surface area contributed by atoms with Crippen LogP contribution in [0, 0.1) is 11.2 Å². The molecule has 1 saturated carbocycles. The number of halogens is 2. The Labute approximate surface area is 121 Å². The Morgan fingerprint density at radius 2 is 2.25 bits per heavy atom. The average Bonchev–Trinajstić information content (AvgIpc) is 3.06. The summed E-state index contributed by atoms with van der Waals surface area (Å²) in [6, 6.07) is 4.55. The predicted molar refractivity (Wildman–Crippen MR) is 70.2 cm³/mol. The highest BCUT2D eigenvalue weighted by atomic mass is 79.9. The third kappa shape index (κ3) is 2.09. The third-order valence-electron chi connectivity index (χ3n) is 3.48. The number of carboxylic acids is 1. The first-order valence-electron chi connectivity index (χ1n) is 5.97. The first-order chi connectivity index (χ1) is 9.53. The Hall–Kier alpha value is -1.83. The lowest BCUT2D eigenvalue weighted by molar-refractivity contribution is -0.144. The largest absolute Gasteiger partial charge is 0.481 e. The first-order valence-corrected chi connectivity index (χ1v) is 6.77. The average molecular weight is 341 g/mol. The van der Waals surface area contributed by atoms with Crippen LogP contribution in [-0.2, 0) is 11.3 Å². The van der Waals surface area contributed by atoms with Crippen molar-refractivity contribution in [3.8, 4) is 11.4 Å². The molecule has 0 spiro atoms. The summed E-state index contributed by atoms with van der Waals surface area (Å²) in [6.07, 6.45) is 1.21. The molecule has 0 amide bonds. The van der Waals surface area contributed by atoms with E-state index in [4.69, 9.17) is 0 Å². The van der Waals surface area contributed by atoms with Crippen LogP contribution in [0.25, 0.3) is 11.4 Å². The van der Waals surface area contributed by atoms with Gasteiger partial charge in [0, 0.05) is 5.56 Å². The summed E-state index contributed by atoms with van der Waals surface area (Å²) < 4.78 is 15.2. The molecule has 8 heteroatoms. The predicted octanol–water partition coefficient (Wildman–Crippen LogP) is 2.11. The summed E-state index contributed by atoms with van der Waals surface area (Å²) >= 11 is 3.16. The molecule has 1 fully saturated rings. The minimum atomic E-state index is -0.850. The zero-order valence-electron chi connectivity index (χ0n) is 10.3. The van der Waals surface area contributed by atoms with Crippen LogP contribution in [0.15, 0.2) is 22.7 Å². The van der Waals surface area contributed by atoms with Crippen molar-refractivity contribution in [2.24, 2.45) is 5.41 Å². The maximum atomic E-state index is 13.6. The van der Waals surface area contributed by atoms with E-state index in [1.165, 1.54) is 10.7 Å². The fourth-order valence-corrected chi connectivity index (χ4v) is 2.50. The molecule has 0 unspecified atom stereocenters.